The largest absolute Gasteiger partial charge is 0.258 e. The van der Waals surface area contributed by atoms with Crippen LogP contribution in [0.4, 0.5) is 0 Å². The highest BCUT2D eigenvalue weighted by Gasteiger charge is 2.05. The van der Waals surface area contributed by atoms with Crippen molar-refractivity contribution in [2.75, 3.05) is 0 Å². The van der Waals surface area contributed by atoms with E-state index in [4.69, 9.17) is 0 Å². The molecular formula is C15H17N. The third kappa shape index (κ3) is 2.30. The van der Waals surface area contributed by atoms with Gasteiger partial charge in [-0.2, -0.15) is 0 Å². The molecule has 0 fully saturated rings. The van der Waals surface area contributed by atoms with Crippen molar-refractivity contribution in [2.24, 2.45) is 0 Å². The summed E-state index contributed by atoms with van der Waals surface area (Å²) in [6.07, 6.45) is 0.978. The summed E-state index contributed by atoms with van der Waals surface area (Å²) in [5.74, 6) is 0. The fourth-order valence-corrected chi connectivity index (χ4v) is 2.12. The van der Waals surface area contributed by atoms with Gasteiger partial charge >= 0.3 is 0 Å². The number of aryl methyl sites for hydroxylation is 3. The van der Waals surface area contributed by atoms with Crippen molar-refractivity contribution in [3.8, 4) is 0 Å². The van der Waals surface area contributed by atoms with Gasteiger partial charge < -0.3 is 0 Å². The summed E-state index contributed by atoms with van der Waals surface area (Å²) in [7, 11) is 0. The molecule has 0 saturated heterocycles. The van der Waals surface area contributed by atoms with Crippen LogP contribution in [0.5, 0.6) is 0 Å². The van der Waals surface area contributed by atoms with Crippen molar-refractivity contribution >= 4 is 0 Å². The second-order valence-electron chi connectivity index (χ2n) is 4.31. The molecule has 0 N–H and O–H groups in total. The number of benzene rings is 1. The monoisotopic (exact) mass is 211 g/mol. The van der Waals surface area contributed by atoms with E-state index in [2.05, 4.69) is 55.2 Å². The average molecular weight is 211 g/mol. The lowest BCUT2D eigenvalue weighted by atomic mass is 9.99. The predicted molar refractivity (Wildman–Crippen MR) is 67.7 cm³/mol. The van der Waals surface area contributed by atoms with E-state index >= 15 is 0 Å². The lowest BCUT2D eigenvalue weighted by molar-refractivity contribution is 1.02. The number of aromatic nitrogens is 1. The zero-order valence-corrected chi connectivity index (χ0v) is 10.1. The Hall–Kier alpha value is -1.63. The van der Waals surface area contributed by atoms with Crippen molar-refractivity contribution in [1.82, 2.24) is 4.98 Å². The molecule has 0 saturated carbocycles. The summed E-state index contributed by atoms with van der Waals surface area (Å²) >= 11 is 0. The molecule has 0 aliphatic heterocycles. The maximum Gasteiger partial charge on any atom is 0.0413 e. The smallest absolute Gasteiger partial charge is 0.0413 e. The van der Waals surface area contributed by atoms with Gasteiger partial charge in [0.25, 0.3) is 0 Å². The first-order valence-electron chi connectivity index (χ1n) is 5.64. The molecule has 1 aromatic heterocycles. The molecule has 0 unspecified atom stereocenters. The fourth-order valence-electron chi connectivity index (χ4n) is 2.12. The van der Waals surface area contributed by atoms with Gasteiger partial charge in [0, 0.05) is 11.4 Å². The van der Waals surface area contributed by atoms with Crippen molar-refractivity contribution in [1.29, 1.82) is 0 Å². The molecule has 2 aromatic rings. The molecule has 0 radical (unpaired) electrons. The van der Waals surface area contributed by atoms with Crippen LogP contribution in [0.3, 0.4) is 0 Å². The van der Waals surface area contributed by atoms with Gasteiger partial charge in [0.15, 0.2) is 0 Å². The SMILES string of the molecule is Cc1cc(C)c(Cc2ccccc2)c(C)n1. The van der Waals surface area contributed by atoms with Crippen LogP contribution >= 0.6 is 0 Å². The van der Waals surface area contributed by atoms with Crippen LogP contribution in [0, 0.1) is 20.8 Å². The summed E-state index contributed by atoms with van der Waals surface area (Å²) in [4.78, 5) is 4.53. The van der Waals surface area contributed by atoms with Crippen molar-refractivity contribution < 1.29 is 0 Å². The Morgan fingerprint density at radius 1 is 1.00 bits per heavy atom. The highest BCUT2D eigenvalue weighted by atomic mass is 14.7. The molecule has 0 aliphatic rings. The standard InChI is InChI=1S/C15H17N/c1-11-9-12(2)16-13(3)15(11)10-14-7-5-4-6-8-14/h4-9H,10H2,1-3H3. The van der Waals surface area contributed by atoms with Crippen LogP contribution in [-0.4, -0.2) is 4.98 Å². The topological polar surface area (TPSA) is 12.9 Å². The van der Waals surface area contributed by atoms with Crippen LogP contribution < -0.4 is 0 Å². The molecule has 1 aromatic carbocycles. The maximum atomic E-state index is 4.53. The van der Waals surface area contributed by atoms with Crippen molar-refractivity contribution in [3.63, 3.8) is 0 Å². The zero-order valence-electron chi connectivity index (χ0n) is 10.1. The fraction of sp³-hybridized carbons (Fsp3) is 0.267. The lowest BCUT2D eigenvalue weighted by Gasteiger charge is -2.10. The van der Waals surface area contributed by atoms with Gasteiger partial charge in [-0.05, 0) is 49.9 Å². The van der Waals surface area contributed by atoms with E-state index in [-0.39, 0.29) is 0 Å². The first-order chi connectivity index (χ1) is 7.66. The Morgan fingerprint density at radius 3 is 2.31 bits per heavy atom. The maximum absolute atomic E-state index is 4.53. The van der Waals surface area contributed by atoms with Gasteiger partial charge in [-0.3, -0.25) is 4.98 Å². The van der Waals surface area contributed by atoms with E-state index in [9.17, 15) is 0 Å². The molecule has 1 nitrogen and oxygen atoms in total. The summed E-state index contributed by atoms with van der Waals surface area (Å²) < 4.78 is 0. The molecule has 0 bridgehead atoms. The van der Waals surface area contributed by atoms with Crippen LogP contribution in [0.1, 0.15) is 28.1 Å². The van der Waals surface area contributed by atoms with E-state index in [1.807, 2.05) is 6.92 Å². The predicted octanol–water partition coefficient (Wildman–Crippen LogP) is 3.60. The third-order valence-corrected chi connectivity index (χ3v) is 2.91. The van der Waals surface area contributed by atoms with Gasteiger partial charge in [-0.1, -0.05) is 30.3 Å². The van der Waals surface area contributed by atoms with Gasteiger partial charge in [0.05, 0.1) is 0 Å². The summed E-state index contributed by atoms with van der Waals surface area (Å²) in [5, 5.41) is 0. The Bertz CT molecular complexity index is 463. The Kier molecular flexibility index (Phi) is 3.04. The Labute approximate surface area is 97.2 Å². The molecular weight excluding hydrogens is 194 g/mol. The van der Waals surface area contributed by atoms with E-state index < -0.39 is 0 Å². The second kappa shape index (κ2) is 4.48. The number of nitrogens with zero attached hydrogens (tertiary/aromatic N) is 1. The normalized spacial score (nSPS) is 10.4. The molecule has 82 valence electrons. The minimum atomic E-state index is 0.978. The van der Waals surface area contributed by atoms with Gasteiger partial charge in [0.2, 0.25) is 0 Å². The van der Waals surface area contributed by atoms with Crippen LogP contribution in [-0.2, 0) is 6.42 Å². The molecule has 0 spiro atoms. The second-order valence-corrected chi connectivity index (χ2v) is 4.31. The molecule has 1 heterocycles. The van der Waals surface area contributed by atoms with Crippen LogP contribution in [0.25, 0.3) is 0 Å². The van der Waals surface area contributed by atoms with Crippen molar-refractivity contribution in [3.05, 3.63) is 64.5 Å². The van der Waals surface area contributed by atoms with Gasteiger partial charge in [0.1, 0.15) is 0 Å². The highest BCUT2D eigenvalue weighted by Crippen LogP contribution is 2.17. The zero-order chi connectivity index (χ0) is 11.5. The van der Waals surface area contributed by atoms with Crippen LogP contribution in [0.15, 0.2) is 36.4 Å². The average Bonchev–Trinajstić information content (AvgIpc) is 2.25. The molecule has 2 rings (SSSR count). The number of hydrogen-bond acceptors (Lipinski definition) is 1. The molecule has 0 atom stereocenters. The summed E-state index contributed by atoms with van der Waals surface area (Å²) in [6, 6.07) is 12.7. The number of pyridine rings is 1. The summed E-state index contributed by atoms with van der Waals surface area (Å²) in [6.45, 7) is 6.31. The van der Waals surface area contributed by atoms with Crippen LogP contribution in [0.2, 0.25) is 0 Å². The lowest BCUT2D eigenvalue weighted by Crippen LogP contribution is -1.99. The minimum absolute atomic E-state index is 0.978. The minimum Gasteiger partial charge on any atom is -0.258 e. The van der Waals surface area contributed by atoms with Crippen molar-refractivity contribution in [2.45, 2.75) is 27.2 Å². The Balaban J connectivity index is 2.35. The third-order valence-electron chi connectivity index (χ3n) is 2.91. The van der Waals surface area contributed by atoms with Gasteiger partial charge in [-0.15, -0.1) is 0 Å². The molecule has 0 aliphatic carbocycles. The summed E-state index contributed by atoms with van der Waals surface area (Å²) in [5.41, 5.74) is 6.30. The van der Waals surface area contributed by atoms with Gasteiger partial charge in [-0.25, -0.2) is 0 Å². The first-order valence-corrected chi connectivity index (χ1v) is 5.64. The van der Waals surface area contributed by atoms with E-state index in [1.54, 1.807) is 0 Å². The van der Waals surface area contributed by atoms with E-state index in [0.717, 1.165) is 17.8 Å². The quantitative estimate of drug-likeness (QED) is 0.739. The molecule has 1 heteroatoms. The Morgan fingerprint density at radius 2 is 1.69 bits per heavy atom. The highest BCUT2D eigenvalue weighted by molar-refractivity contribution is 5.35. The molecule has 0 amide bonds. The first kappa shape index (κ1) is 10.9. The van der Waals surface area contributed by atoms with E-state index in [1.165, 1.54) is 16.7 Å². The van der Waals surface area contributed by atoms with E-state index in [0.29, 0.717) is 0 Å². The number of hydrogen-bond donors (Lipinski definition) is 0. The number of rotatable bonds is 2. The molecule has 16 heavy (non-hydrogen) atoms.